The molecule has 0 aliphatic carbocycles. The fourth-order valence-electron chi connectivity index (χ4n) is 1.53. The molecule has 2 aromatic rings. The van der Waals surface area contributed by atoms with Gasteiger partial charge in [0.15, 0.2) is 0 Å². The van der Waals surface area contributed by atoms with Crippen molar-refractivity contribution in [2.75, 3.05) is 0 Å². The Hall–Kier alpha value is -1.97. The number of aromatic amines is 1. The van der Waals surface area contributed by atoms with E-state index in [-0.39, 0.29) is 0 Å². The lowest BCUT2D eigenvalue weighted by molar-refractivity contribution is 0.257. The highest BCUT2D eigenvalue weighted by atomic mass is 16.2. The van der Waals surface area contributed by atoms with Gasteiger partial charge in [0, 0.05) is 11.6 Å². The van der Waals surface area contributed by atoms with Crippen LogP contribution in [-0.2, 0) is 0 Å². The van der Waals surface area contributed by atoms with Crippen molar-refractivity contribution < 1.29 is 4.79 Å². The van der Waals surface area contributed by atoms with Crippen LogP contribution in [-0.4, -0.2) is 11.0 Å². The van der Waals surface area contributed by atoms with Crippen LogP contribution in [0.15, 0.2) is 34.4 Å². The molecule has 0 spiro atoms. The van der Waals surface area contributed by atoms with E-state index in [9.17, 15) is 4.79 Å². The van der Waals surface area contributed by atoms with Crippen LogP contribution in [0.4, 0.5) is 4.79 Å². The van der Waals surface area contributed by atoms with E-state index >= 15 is 0 Å². The molecule has 4 heteroatoms. The summed E-state index contributed by atoms with van der Waals surface area (Å²) in [5.41, 5.74) is 0.882. The Bertz CT molecular complexity index is 624. The summed E-state index contributed by atoms with van der Waals surface area (Å²) in [5.74, 6) is 0. The maximum absolute atomic E-state index is 10.9. The van der Waals surface area contributed by atoms with Crippen molar-refractivity contribution in [3.63, 3.8) is 0 Å². The monoisotopic (exact) mass is 171 g/mol. The number of carbonyl (C=O) groups is 1. The van der Waals surface area contributed by atoms with Crippen LogP contribution in [0.5, 0.6) is 0 Å². The second-order valence-corrected chi connectivity index (χ2v) is 2.88. The average molecular weight is 171 g/mol. The van der Waals surface area contributed by atoms with Crippen LogP contribution in [0.1, 0.15) is 0 Å². The van der Waals surface area contributed by atoms with Gasteiger partial charge < -0.3 is 4.98 Å². The predicted octanol–water partition coefficient (Wildman–Crippen LogP) is 0.541. The molecule has 1 aliphatic heterocycles. The predicted molar refractivity (Wildman–Crippen MR) is 46.0 cm³/mol. The topological polar surface area (TPSA) is 57.6 Å². The molecular formula is C9H5N3O. The Morgan fingerprint density at radius 3 is 3.00 bits per heavy atom. The molecule has 0 atom stereocenters. The maximum atomic E-state index is 10.9. The van der Waals surface area contributed by atoms with Gasteiger partial charge in [0.05, 0.1) is 10.9 Å². The minimum atomic E-state index is -0.419. The van der Waals surface area contributed by atoms with Gasteiger partial charge in [-0.05, 0) is 12.1 Å². The molecule has 0 bridgehead atoms. The van der Waals surface area contributed by atoms with Crippen molar-refractivity contribution in [1.29, 1.82) is 0 Å². The third-order valence-electron chi connectivity index (χ3n) is 2.10. The summed E-state index contributed by atoms with van der Waals surface area (Å²) >= 11 is 0. The van der Waals surface area contributed by atoms with Crippen molar-refractivity contribution in [3.8, 4) is 0 Å². The molecule has 1 N–H and O–H groups in total. The Kier molecular flexibility index (Phi) is 1.02. The fraction of sp³-hybridized carbons (Fsp3) is 0. The van der Waals surface area contributed by atoms with Crippen molar-refractivity contribution in [2.24, 2.45) is 9.98 Å². The number of rotatable bonds is 0. The number of urea groups is 1. The van der Waals surface area contributed by atoms with Crippen molar-refractivity contribution >= 4 is 16.9 Å². The van der Waals surface area contributed by atoms with Crippen LogP contribution < -0.4 is 10.7 Å². The standard InChI is InChI=1S/C9H5N3O/c13-9-11-6-2-1-5-3-4-10-7(5)8(6)12-9/h1-4,10H. The zero-order valence-corrected chi connectivity index (χ0v) is 6.61. The summed E-state index contributed by atoms with van der Waals surface area (Å²) in [4.78, 5) is 21.5. The highest BCUT2D eigenvalue weighted by Gasteiger charge is 2.07. The number of carbonyl (C=O) groups excluding carboxylic acids is 1. The molecule has 0 radical (unpaired) electrons. The highest BCUT2D eigenvalue weighted by Crippen LogP contribution is 2.05. The molecular weight excluding hydrogens is 166 g/mol. The number of amides is 2. The highest BCUT2D eigenvalue weighted by molar-refractivity contribution is 5.84. The molecule has 1 aromatic carbocycles. The number of benzene rings is 1. The van der Waals surface area contributed by atoms with E-state index in [1.54, 1.807) is 6.07 Å². The van der Waals surface area contributed by atoms with E-state index < -0.39 is 6.03 Å². The molecule has 0 saturated carbocycles. The fourth-order valence-corrected chi connectivity index (χ4v) is 1.53. The number of H-pyrrole nitrogens is 1. The van der Waals surface area contributed by atoms with Crippen molar-refractivity contribution in [2.45, 2.75) is 0 Å². The first-order valence-electron chi connectivity index (χ1n) is 3.92. The summed E-state index contributed by atoms with van der Waals surface area (Å²) in [7, 11) is 0. The molecule has 13 heavy (non-hydrogen) atoms. The minimum absolute atomic E-state index is 0.419. The minimum Gasteiger partial charge on any atom is -0.359 e. The van der Waals surface area contributed by atoms with Gasteiger partial charge in [-0.25, -0.2) is 4.79 Å². The van der Waals surface area contributed by atoms with Gasteiger partial charge in [0.1, 0.15) is 5.36 Å². The van der Waals surface area contributed by atoms with Crippen LogP contribution in [0.2, 0.25) is 0 Å². The second-order valence-electron chi connectivity index (χ2n) is 2.88. The molecule has 1 aromatic heterocycles. The number of hydrogen-bond donors (Lipinski definition) is 1. The molecule has 2 amide bonds. The van der Waals surface area contributed by atoms with Crippen molar-refractivity contribution in [3.05, 3.63) is 35.1 Å². The lowest BCUT2D eigenvalue weighted by atomic mass is 10.2. The molecule has 0 saturated heterocycles. The summed E-state index contributed by atoms with van der Waals surface area (Å²) in [6.07, 6.45) is 1.82. The second kappa shape index (κ2) is 2.04. The lowest BCUT2D eigenvalue weighted by Crippen LogP contribution is -2.21. The zero-order chi connectivity index (χ0) is 8.84. The van der Waals surface area contributed by atoms with Gasteiger partial charge in [-0.2, -0.15) is 9.98 Å². The van der Waals surface area contributed by atoms with Gasteiger partial charge in [0.25, 0.3) is 0 Å². The van der Waals surface area contributed by atoms with E-state index in [1.165, 1.54) is 0 Å². The number of nitrogens with one attached hydrogen (secondary N) is 1. The first-order chi connectivity index (χ1) is 6.34. The Balaban J connectivity index is 2.69. The Morgan fingerprint density at radius 1 is 1.15 bits per heavy atom. The number of nitrogens with zero attached hydrogens (tertiary/aromatic N) is 2. The Labute approximate surface area is 72.6 Å². The first-order valence-corrected chi connectivity index (χ1v) is 3.92. The third-order valence-corrected chi connectivity index (χ3v) is 2.10. The van der Waals surface area contributed by atoms with Crippen LogP contribution in [0.25, 0.3) is 10.9 Å². The molecule has 0 fully saturated rings. The van der Waals surface area contributed by atoms with Crippen LogP contribution in [0, 0.1) is 0 Å². The summed E-state index contributed by atoms with van der Waals surface area (Å²) in [6.45, 7) is 0. The van der Waals surface area contributed by atoms with Gasteiger partial charge >= 0.3 is 6.03 Å². The molecule has 62 valence electrons. The molecule has 0 unspecified atom stereocenters. The average Bonchev–Trinajstić information content (AvgIpc) is 2.65. The maximum Gasteiger partial charge on any atom is 0.368 e. The van der Waals surface area contributed by atoms with E-state index in [0.29, 0.717) is 10.7 Å². The van der Waals surface area contributed by atoms with Crippen LogP contribution in [0.3, 0.4) is 0 Å². The number of fused-ring (bicyclic) bond motifs is 3. The zero-order valence-electron chi connectivity index (χ0n) is 6.61. The number of aromatic nitrogens is 1. The molecule has 1 aliphatic rings. The third kappa shape index (κ3) is 0.767. The quantitative estimate of drug-likeness (QED) is 0.618. The van der Waals surface area contributed by atoms with E-state index in [2.05, 4.69) is 15.0 Å². The Morgan fingerprint density at radius 2 is 2.08 bits per heavy atom. The van der Waals surface area contributed by atoms with E-state index in [4.69, 9.17) is 0 Å². The molecule has 2 heterocycles. The van der Waals surface area contributed by atoms with Gasteiger partial charge in [-0.1, -0.05) is 6.07 Å². The van der Waals surface area contributed by atoms with Crippen LogP contribution >= 0.6 is 0 Å². The normalized spacial score (nSPS) is 14.0. The summed E-state index contributed by atoms with van der Waals surface area (Å²) < 4.78 is 0. The SMILES string of the molecule is O=C1N=c2ccc3cc[nH]c3c2=N1. The summed E-state index contributed by atoms with van der Waals surface area (Å²) in [6, 6.07) is 5.24. The first kappa shape index (κ1) is 6.54. The smallest absolute Gasteiger partial charge is 0.359 e. The number of hydrogen-bond acceptors (Lipinski definition) is 1. The lowest BCUT2D eigenvalue weighted by Gasteiger charge is -1.85. The van der Waals surface area contributed by atoms with Gasteiger partial charge in [0.2, 0.25) is 0 Å². The van der Waals surface area contributed by atoms with E-state index in [1.807, 2.05) is 18.3 Å². The summed E-state index contributed by atoms with van der Waals surface area (Å²) in [5, 5.41) is 2.36. The van der Waals surface area contributed by atoms with E-state index in [0.717, 1.165) is 10.9 Å². The molecule has 3 rings (SSSR count). The molecule has 4 nitrogen and oxygen atoms in total. The van der Waals surface area contributed by atoms with Gasteiger partial charge in [-0.15, -0.1) is 0 Å². The van der Waals surface area contributed by atoms with Gasteiger partial charge in [-0.3, -0.25) is 0 Å². The van der Waals surface area contributed by atoms with Crippen molar-refractivity contribution in [1.82, 2.24) is 4.98 Å². The largest absolute Gasteiger partial charge is 0.368 e.